The van der Waals surface area contributed by atoms with Gasteiger partial charge in [-0.25, -0.2) is 12.8 Å². The Balaban J connectivity index is 2.01. The van der Waals surface area contributed by atoms with Gasteiger partial charge in [0.15, 0.2) is 0 Å². The standard InChI is InChI=1S/C12H16BrFN2O2S/c13-11-5-4-9(7-12(11)14)16-19(17,18)8-10-3-1-2-6-15-10/h4-5,7,10,15-16H,1-3,6,8H2. The van der Waals surface area contributed by atoms with Crippen molar-refractivity contribution in [3.63, 3.8) is 0 Å². The van der Waals surface area contributed by atoms with Crippen LogP contribution >= 0.6 is 15.9 Å². The molecule has 19 heavy (non-hydrogen) atoms. The molecule has 1 aliphatic heterocycles. The van der Waals surface area contributed by atoms with E-state index in [0.29, 0.717) is 4.47 Å². The Bertz CT molecular complexity index is 545. The summed E-state index contributed by atoms with van der Waals surface area (Å²) >= 11 is 3.03. The lowest BCUT2D eigenvalue weighted by molar-refractivity contribution is 0.424. The predicted octanol–water partition coefficient (Wildman–Crippen LogP) is 2.47. The van der Waals surface area contributed by atoms with Gasteiger partial charge < -0.3 is 5.32 Å². The first-order valence-electron chi connectivity index (χ1n) is 6.15. The molecule has 0 amide bonds. The van der Waals surface area contributed by atoms with Crippen molar-refractivity contribution in [2.24, 2.45) is 0 Å². The first kappa shape index (κ1) is 14.7. The van der Waals surface area contributed by atoms with Crippen molar-refractivity contribution in [3.8, 4) is 0 Å². The molecule has 1 heterocycles. The van der Waals surface area contributed by atoms with E-state index in [1.54, 1.807) is 0 Å². The molecule has 2 rings (SSSR count). The number of hydrogen-bond donors (Lipinski definition) is 2. The normalized spacial score (nSPS) is 20.2. The van der Waals surface area contributed by atoms with Crippen LogP contribution in [0.2, 0.25) is 0 Å². The number of nitrogens with one attached hydrogen (secondary N) is 2. The zero-order valence-corrected chi connectivity index (χ0v) is 12.7. The number of hydrogen-bond acceptors (Lipinski definition) is 3. The van der Waals surface area contributed by atoms with E-state index in [0.717, 1.165) is 31.9 Å². The molecular formula is C12H16BrFN2O2S. The lowest BCUT2D eigenvalue weighted by Crippen LogP contribution is -2.40. The van der Waals surface area contributed by atoms with Crippen LogP contribution in [0, 0.1) is 5.82 Å². The summed E-state index contributed by atoms with van der Waals surface area (Å²) in [7, 11) is -3.46. The van der Waals surface area contributed by atoms with Gasteiger partial charge >= 0.3 is 0 Å². The van der Waals surface area contributed by atoms with Crippen molar-refractivity contribution in [1.82, 2.24) is 5.32 Å². The number of piperidine rings is 1. The smallest absolute Gasteiger partial charge is 0.234 e. The summed E-state index contributed by atoms with van der Waals surface area (Å²) in [6.07, 6.45) is 2.98. The van der Waals surface area contributed by atoms with Crippen LogP contribution in [0.1, 0.15) is 19.3 Å². The van der Waals surface area contributed by atoms with E-state index in [1.807, 2.05) is 0 Å². The highest BCUT2D eigenvalue weighted by molar-refractivity contribution is 9.10. The van der Waals surface area contributed by atoms with E-state index >= 15 is 0 Å². The van der Waals surface area contributed by atoms with Gasteiger partial charge in [-0.15, -0.1) is 0 Å². The first-order valence-corrected chi connectivity index (χ1v) is 8.60. The molecule has 1 atom stereocenters. The zero-order chi connectivity index (χ0) is 13.9. The van der Waals surface area contributed by atoms with E-state index in [2.05, 4.69) is 26.0 Å². The van der Waals surface area contributed by atoms with Crippen molar-refractivity contribution in [1.29, 1.82) is 0 Å². The monoisotopic (exact) mass is 350 g/mol. The highest BCUT2D eigenvalue weighted by atomic mass is 79.9. The summed E-state index contributed by atoms with van der Waals surface area (Å²) in [5.41, 5.74) is 0.247. The fraction of sp³-hybridized carbons (Fsp3) is 0.500. The van der Waals surface area contributed by atoms with Gasteiger partial charge in [0, 0.05) is 6.04 Å². The van der Waals surface area contributed by atoms with Crippen LogP contribution in [0.25, 0.3) is 0 Å². The van der Waals surface area contributed by atoms with Gasteiger partial charge in [0.25, 0.3) is 0 Å². The predicted molar refractivity (Wildman–Crippen MR) is 77.2 cm³/mol. The summed E-state index contributed by atoms with van der Waals surface area (Å²) < 4.78 is 40.0. The summed E-state index contributed by atoms with van der Waals surface area (Å²) in [5, 5.41) is 3.18. The molecule has 106 valence electrons. The number of anilines is 1. The highest BCUT2D eigenvalue weighted by Gasteiger charge is 2.21. The van der Waals surface area contributed by atoms with Gasteiger partial charge in [-0.3, -0.25) is 4.72 Å². The SMILES string of the molecule is O=S(=O)(CC1CCCCN1)Nc1ccc(Br)c(F)c1. The summed E-state index contributed by atoms with van der Waals surface area (Å²) in [4.78, 5) is 0. The molecule has 7 heteroatoms. The second kappa shape index (κ2) is 6.19. The molecule has 1 aliphatic rings. The summed E-state index contributed by atoms with van der Waals surface area (Å²) in [6.45, 7) is 0.854. The molecule has 0 aromatic heterocycles. The van der Waals surface area contributed by atoms with E-state index in [-0.39, 0.29) is 17.5 Å². The Morgan fingerprint density at radius 2 is 2.21 bits per heavy atom. The van der Waals surface area contributed by atoms with Gasteiger partial charge in [-0.1, -0.05) is 6.42 Å². The van der Waals surface area contributed by atoms with Crippen molar-refractivity contribution in [2.75, 3.05) is 17.0 Å². The quantitative estimate of drug-likeness (QED) is 0.876. The van der Waals surface area contributed by atoms with Crippen LogP contribution in [0.15, 0.2) is 22.7 Å². The maximum atomic E-state index is 13.3. The molecular weight excluding hydrogens is 335 g/mol. The maximum absolute atomic E-state index is 13.3. The molecule has 1 aromatic carbocycles. The van der Waals surface area contributed by atoms with E-state index in [4.69, 9.17) is 0 Å². The third-order valence-corrected chi connectivity index (χ3v) is 5.06. The number of halogens is 2. The second-order valence-electron chi connectivity index (χ2n) is 4.66. The summed E-state index contributed by atoms with van der Waals surface area (Å²) in [6, 6.07) is 4.15. The largest absolute Gasteiger partial charge is 0.313 e. The average Bonchev–Trinajstić information content (AvgIpc) is 2.34. The van der Waals surface area contributed by atoms with Crippen molar-refractivity contribution < 1.29 is 12.8 Å². The molecule has 1 fully saturated rings. The minimum Gasteiger partial charge on any atom is -0.313 e. The molecule has 0 saturated carbocycles. The molecule has 1 unspecified atom stereocenters. The molecule has 1 aromatic rings. The van der Waals surface area contributed by atoms with Crippen LogP contribution in [-0.4, -0.2) is 26.8 Å². The van der Waals surface area contributed by atoms with Crippen molar-refractivity contribution in [3.05, 3.63) is 28.5 Å². The lowest BCUT2D eigenvalue weighted by Gasteiger charge is -2.23. The zero-order valence-electron chi connectivity index (χ0n) is 10.3. The molecule has 2 N–H and O–H groups in total. The maximum Gasteiger partial charge on any atom is 0.234 e. The number of rotatable bonds is 4. The van der Waals surface area contributed by atoms with Gasteiger partial charge in [-0.05, 0) is 53.5 Å². The van der Waals surface area contributed by atoms with Crippen LogP contribution in [0.3, 0.4) is 0 Å². The first-order chi connectivity index (χ1) is 8.96. The third-order valence-electron chi connectivity index (χ3n) is 3.03. The molecule has 0 radical (unpaired) electrons. The minimum atomic E-state index is -3.46. The summed E-state index contributed by atoms with van der Waals surface area (Å²) in [5.74, 6) is -0.471. The fourth-order valence-corrected chi connectivity index (χ4v) is 3.74. The number of benzene rings is 1. The Kier molecular flexibility index (Phi) is 4.81. The fourth-order valence-electron chi connectivity index (χ4n) is 2.11. The van der Waals surface area contributed by atoms with Crippen LogP contribution < -0.4 is 10.0 Å². The minimum absolute atomic E-state index is 0.0185. The van der Waals surface area contributed by atoms with Gasteiger partial charge in [0.2, 0.25) is 10.0 Å². The highest BCUT2D eigenvalue weighted by Crippen LogP contribution is 2.20. The lowest BCUT2D eigenvalue weighted by atomic mass is 10.1. The Hall–Kier alpha value is -0.660. The van der Waals surface area contributed by atoms with E-state index in [9.17, 15) is 12.8 Å². The Labute approximate surface area is 121 Å². The van der Waals surface area contributed by atoms with Crippen LogP contribution in [0.4, 0.5) is 10.1 Å². The van der Waals surface area contributed by atoms with Crippen molar-refractivity contribution >= 4 is 31.6 Å². The number of sulfonamides is 1. The topological polar surface area (TPSA) is 58.2 Å². The molecule has 0 spiro atoms. The Morgan fingerprint density at radius 1 is 1.42 bits per heavy atom. The molecule has 0 bridgehead atoms. The molecule has 0 aliphatic carbocycles. The van der Waals surface area contributed by atoms with E-state index in [1.165, 1.54) is 12.1 Å². The van der Waals surface area contributed by atoms with Gasteiger partial charge in [0.05, 0.1) is 15.9 Å². The van der Waals surface area contributed by atoms with E-state index < -0.39 is 15.8 Å². The van der Waals surface area contributed by atoms with Gasteiger partial charge in [-0.2, -0.15) is 0 Å². The third kappa shape index (κ3) is 4.43. The molecule has 4 nitrogen and oxygen atoms in total. The van der Waals surface area contributed by atoms with Crippen LogP contribution in [0.5, 0.6) is 0 Å². The van der Waals surface area contributed by atoms with Crippen LogP contribution in [-0.2, 0) is 10.0 Å². The van der Waals surface area contributed by atoms with Gasteiger partial charge in [0.1, 0.15) is 5.82 Å². The molecule has 1 saturated heterocycles. The van der Waals surface area contributed by atoms with Crippen molar-refractivity contribution in [2.45, 2.75) is 25.3 Å². The second-order valence-corrected chi connectivity index (χ2v) is 7.28. The Morgan fingerprint density at radius 3 is 2.84 bits per heavy atom. The average molecular weight is 351 g/mol.